The van der Waals surface area contributed by atoms with Gasteiger partial charge in [-0.25, -0.2) is 4.98 Å². The van der Waals surface area contributed by atoms with Gasteiger partial charge in [-0.05, 0) is 48.0 Å². The molecule has 0 N–H and O–H groups in total. The Morgan fingerprint density at radius 1 is 0.769 bits per heavy atom. The first-order valence-corrected chi connectivity index (χ1v) is 9.39. The van der Waals surface area contributed by atoms with Crippen LogP contribution in [0.4, 0.5) is 0 Å². The molecule has 4 rings (SSSR count). The fourth-order valence-electron chi connectivity index (χ4n) is 2.93. The highest BCUT2D eigenvalue weighted by atomic mass is 35.5. The van der Waals surface area contributed by atoms with Gasteiger partial charge in [-0.1, -0.05) is 64.6 Å². The molecule has 0 amide bonds. The smallest absolute Gasteiger partial charge is 0.142 e. The average Bonchev–Trinajstić information content (AvgIpc) is 2.97. The fourth-order valence-corrected chi connectivity index (χ4v) is 3.75. The Labute approximate surface area is 170 Å². The third-order valence-electron chi connectivity index (χ3n) is 4.15. The minimum atomic E-state index is 0.527. The number of fused-ring (bicyclic) bond motifs is 1. The lowest BCUT2D eigenvalue weighted by Crippen LogP contribution is -2.02. The third kappa shape index (κ3) is 3.30. The van der Waals surface area contributed by atoms with E-state index in [0.29, 0.717) is 26.6 Å². The molecule has 26 heavy (non-hydrogen) atoms. The van der Waals surface area contributed by atoms with Crippen LogP contribution in [0.3, 0.4) is 0 Å². The van der Waals surface area contributed by atoms with Gasteiger partial charge in [0.1, 0.15) is 5.82 Å². The van der Waals surface area contributed by atoms with E-state index in [1.54, 1.807) is 12.1 Å². The van der Waals surface area contributed by atoms with Gasteiger partial charge in [0, 0.05) is 17.1 Å². The van der Waals surface area contributed by atoms with E-state index in [-0.39, 0.29) is 0 Å². The molecule has 0 saturated carbocycles. The van der Waals surface area contributed by atoms with Gasteiger partial charge in [-0.2, -0.15) is 0 Å². The van der Waals surface area contributed by atoms with Gasteiger partial charge in [0.25, 0.3) is 0 Å². The molecule has 0 radical (unpaired) electrons. The summed E-state index contributed by atoms with van der Waals surface area (Å²) in [5.74, 6) is 0.777. The molecule has 0 bridgehead atoms. The molecule has 1 heterocycles. The van der Waals surface area contributed by atoms with Crippen molar-refractivity contribution in [3.8, 4) is 11.4 Å². The zero-order valence-electron chi connectivity index (χ0n) is 13.4. The Kier molecular flexibility index (Phi) is 4.85. The second-order valence-corrected chi connectivity index (χ2v) is 7.54. The lowest BCUT2D eigenvalue weighted by Gasteiger charge is -2.11. The normalized spacial score (nSPS) is 11.2. The molecule has 6 heteroatoms. The van der Waals surface area contributed by atoms with Crippen molar-refractivity contribution in [2.24, 2.45) is 0 Å². The number of hydrogen-bond acceptors (Lipinski definition) is 1. The first kappa shape index (κ1) is 17.7. The van der Waals surface area contributed by atoms with Crippen LogP contribution in [0.15, 0.2) is 60.7 Å². The molecule has 0 fully saturated rings. The van der Waals surface area contributed by atoms with Crippen molar-refractivity contribution < 1.29 is 0 Å². The average molecular weight is 422 g/mol. The minimum Gasteiger partial charge on any atom is -0.319 e. The maximum absolute atomic E-state index is 6.44. The van der Waals surface area contributed by atoms with Crippen LogP contribution < -0.4 is 0 Å². The van der Waals surface area contributed by atoms with E-state index in [2.05, 4.69) is 4.57 Å². The highest BCUT2D eigenvalue weighted by Gasteiger charge is 2.16. The standard InChI is InChI=1S/C20H12Cl4N2/c21-13-6-7-14(16(23)10-13)20-25-18-3-1-2-4-19(18)26(20)11-12-5-8-15(22)17(24)9-12/h1-10H,11H2. The number of nitrogens with zero attached hydrogens (tertiary/aromatic N) is 2. The molecular weight excluding hydrogens is 410 g/mol. The lowest BCUT2D eigenvalue weighted by molar-refractivity contribution is 0.834. The summed E-state index contributed by atoms with van der Waals surface area (Å²) in [4.78, 5) is 4.79. The molecule has 0 unspecified atom stereocenters. The van der Waals surface area contributed by atoms with Crippen molar-refractivity contribution >= 4 is 57.4 Å². The summed E-state index contributed by atoms with van der Waals surface area (Å²) in [7, 11) is 0. The second kappa shape index (κ2) is 7.13. The molecule has 0 atom stereocenters. The number of para-hydroxylation sites is 2. The number of imidazole rings is 1. The molecule has 4 aromatic rings. The number of halogens is 4. The van der Waals surface area contributed by atoms with Gasteiger partial charge in [0.05, 0.1) is 26.1 Å². The van der Waals surface area contributed by atoms with Crippen molar-refractivity contribution in [2.75, 3.05) is 0 Å². The molecule has 2 nitrogen and oxygen atoms in total. The lowest BCUT2D eigenvalue weighted by atomic mass is 10.2. The van der Waals surface area contributed by atoms with E-state index >= 15 is 0 Å². The number of aromatic nitrogens is 2. The monoisotopic (exact) mass is 420 g/mol. The van der Waals surface area contributed by atoms with E-state index in [4.69, 9.17) is 51.4 Å². The SMILES string of the molecule is Clc1ccc(-c2nc3ccccc3n2Cc2ccc(Cl)c(Cl)c2)c(Cl)c1. The van der Waals surface area contributed by atoms with Gasteiger partial charge < -0.3 is 4.57 Å². The van der Waals surface area contributed by atoms with Crippen molar-refractivity contribution in [2.45, 2.75) is 6.54 Å². The molecule has 0 spiro atoms. The fraction of sp³-hybridized carbons (Fsp3) is 0.0500. The van der Waals surface area contributed by atoms with Crippen LogP contribution in [-0.4, -0.2) is 9.55 Å². The maximum atomic E-state index is 6.44. The second-order valence-electron chi connectivity index (χ2n) is 5.88. The molecule has 0 aliphatic rings. The first-order valence-electron chi connectivity index (χ1n) is 7.87. The van der Waals surface area contributed by atoms with Gasteiger partial charge in [-0.15, -0.1) is 0 Å². The van der Waals surface area contributed by atoms with E-state index in [1.807, 2.05) is 48.5 Å². The first-order chi connectivity index (χ1) is 12.5. The van der Waals surface area contributed by atoms with Crippen LogP contribution >= 0.6 is 46.4 Å². The van der Waals surface area contributed by atoms with Crippen molar-refractivity contribution in [1.29, 1.82) is 0 Å². The Morgan fingerprint density at radius 3 is 2.35 bits per heavy atom. The topological polar surface area (TPSA) is 17.8 Å². The quantitative estimate of drug-likeness (QED) is 0.337. The Hall–Kier alpha value is -1.71. The Balaban J connectivity index is 1.90. The van der Waals surface area contributed by atoms with E-state index in [0.717, 1.165) is 28.0 Å². The number of benzene rings is 3. The molecule has 1 aromatic heterocycles. The predicted molar refractivity (Wildman–Crippen MR) is 111 cm³/mol. The van der Waals surface area contributed by atoms with Crippen molar-refractivity contribution in [3.05, 3.63) is 86.3 Å². The zero-order chi connectivity index (χ0) is 18.3. The van der Waals surface area contributed by atoms with Crippen LogP contribution in [0, 0.1) is 0 Å². The van der Waals surface area contributed by atoms with Crippen LogP contribution in [0.25, 0.3) is 22.4 Å². The third-order valence-corrected chi connectivity index (χ3v) is 5.44. The van der Waals surface area contributed by atoms with Crippen LogP contribution in [-0.2, 0) is 6.54 Å². The summed E-state index contributed by atoms with van der Waals surface area (Å²) in [6.45, 7) is 0.589. The van der Waals surface area contributed by atoms with Crippen molar-refractivity contribution in [3.63, 3.8) is 0 Å². The number of hydrogen-bond donors (Lipinski definition) is 0. The van der Waals surface area contributed by atoms with E-state index < -0.39 is 0 Å². The van der Waals surface area contributed by atoms with Crippen LogP contribution in [0.2, 0.25) is 20.1 Å². The summed E-state index contributed by atoms with van der Waals surface area (Å²) in [6, 6.07) is 19.0. The largest absolute Gasteiger partial charge is 0.319 e. The van der Waals surface area contributed by atoms with Gasteiger partial charge >= 0.3 is 0 Å². The van der Waals surface area contributed by atoms with E-state index in [1.165, 1.54) is 0 Å². The van der Waals surface area contributed by atoms with Gasteiger partial charge in [0.15, 0.2) is 0 Å². The molecule has 0 aliphatic carbocycles. The Morgan fingerprint density at radius 2 is 1.58 bits per heavy atom. The summed E-state index contributed by atoms with van der Waals surface area (Å²) in [5, 5.41) is 2.21. The van der Waals surface area contributed by atoms with Crippen molar-refractivity contribution in [1.82, 2.24) is 9.55 Å². The summed E-state index contributed by atoms with van der Waals surface area (Å²) in [5.41, 5.74) is 3.76. The summed E-state index contributed by atoms with van der Waals surface area (Å²) in [6.07, 6.45) is 0. The molecular formula is C20H12Cl4N2. The Bertz CT molecular complexity index is 1120. The predicted octanol–water partition coefficient (Wildman–Crippen LogP) is 7.37. The molecule has 0 saturated heterocycles. The van der Waals surface area contributed by atoms with E-state index in [9.17, 15) is 0 Å². The van der Waals surface area contributed by atoms with Gasteiger partial charge in [-0.3, -0.25) is 0 Å². The van der Waals surface area contributed by atoms with Crippen LogP contribution in [0.5, 0.6) is 0 Å². The van der Waals surface area contributed by atoms with Crippen LogP contribution in [0.1, 0.15) is 5.56 Å². The highest BCUT2D eigenvalue weighted by molar-refractivity contribution is 6.42. The summed E-state index contributed by atoms with van der Waals surface area (Å²) < 4.78 is 2.12. The summed E-state index contributed by atoms with van der Waals surface area (Å²) >= 11 is 24.7. The molecule has 130 valence electrons. The zero-order valence-corrected chi connectivity index (χ0v) is 16.4. The van der Waals surface area contributed by atoms with Gasteiger partial charge in [0.2, 0.25) is 0 Å². The minimum absolute atomic E-state index is 0.527. The number of rotatable bonds is 3. The molecule has 3 aromatic carbocycles. The highest BCUT2D eigenvalue weighted by Crippen LogP contribution is 2.33. The molecule has 0 aliphatic heterocycles. The maximum Gasteiger partial charge on any atom is 0.142 e.